The molecule has 7 nitrogen and oxygen atoms in total. The van der Waals surface area contributed by atoms with Crippen molar-refractivity contribution in [2.75, 3.05) is 26.4 Å². The van der Waals surface area contributed by atoms with Crippen LogP contribution in [0.4, 0.5) is 17.6 Å². The minimum Gasteiger partial charge on any atom is -0.482 e. The SMILES string of the molecule is O=c1c2cc(OC(CF)CF)c(F)cc2n(C2CCNCC2)c(=O)n1Cc1ccc(-c2ccc(F)cc2)nc1. The van der Waals surface area contributed by atoms with E-state index in [1.807, 2.05) is 0 Å². The Morgan fingerprint density at radius 1 is 1.00 bits per heavy atom. The van der Waals surface area contributed by atoms with Crippen molar-refractivity contribution in [1.82, 2.24) is 19.4 Å². The Balaban J connectivity index is 1.60. The number of aromatic nitrogens is 3. The summed E-state index contributed by atoms with van der Waals surface area (Å²) in [5, 5.41) is 3.21. The summed E-state index contributed by atoms with van der Waals surface area (Å²) in [6, 6.07) is 11.1. The molecule has 0 saturated carbocycles. The summed E-state index contributed by atoms with van der Waals surface area (Å²) in [5.74, 6) is -1.75. The molecule has 11 heteroatoms. The van der Waals surface area contributed by atoms with E-state index in [1.165, 1.54) is 22.9 Å². The topological polar surface area (TPSA) is 78.1 Å². The normalized spacial score (nSPS) is 14.3. The number of alkyl halides is 2. The largest absolute Gasteiger partial charge is 0.482 e. The lowest BCUT2D eigenvalue weighted by Gasteiger charge is -2.27. The third-order valence-electron chi connectivity index (χ3n) is 6.84. The summed E-state index contributed by atoms with van der Waals surface area (Å²) in [4.78, 5) is 31.6. The molecule has 39 heavy (non-hydrogen) atoms. The molecule has 0 atom stereocenters. The summed E-state index contributed by atoms with van der Waals surface area (Å²) in [6.45, 7) is -1.17. The molecule has 1 aliphatic heterocycles. The van der Waals surface area contributed by atoms with E-state index >= 15 is 0 Å². The van der Waals surface area contributed by atoms with E-state index in [2.05, 4.69) is 10.3 Å². The van der Waals surface area contributed by atoms with Gasteiger partial charge in [-0.15, -0.1) is 0 Å². The number of rotatable bonds is 8. The summed E-state index contributed by atoms with van der Waals surface area (Å²) in [7, 11) is 0. The number of hydrogen-bond acceptors (Lipinski definition) is 5. The van der Waals surface area contributed by atoms with Gasteiger partial charge < -0.3 is 10.1 Å². The first-order chi connectivity index (χ1) is 18.9. The van der Waals surface area contributed by atoms with Crippen LogP contribution in [0.15, 0.2) is 64.3 Å². The van der Waals surface area contributed by atoms with Gasteiger partial charge >= 0.3 is 5.69 Å². The average molecular weight is 543 g/mol. The zero-order valence-corrected chi connectivity index (χ0v) is 20.9. The predicted molar refractivity (Wildman–Crippen MR) is 139 cm³/mol. The molecule has 0 spiro atoms. The molecule has 0 unspecified atom stereocenters. The monoisotopic (exact) mass is 542 g/mol. The van der Waals surface area contributed by atoms with Gasteiger partial charge in [-0.05, 0) is 67.9 Å². The molecule has 1 N–H and O–H groups in total. The second-order valence-corrected chi connectivity index (χ2v) is 9.43. The molecule has 1 aliphatic rings. The predicted octanol–water partition coefficient (Wildman–Crippen LogP) is 4.16. The van der Waals surface area contributed by atoms with Gasteiger partial charge in [0.05, 0.1) is 23.1 Å². The van der Waals surface area contributed by atoms with Crippen LogP contribution in [0.3, 0.4) is 0 Å². The first-order valence-electron chi connectivity index (χ1n) is 12.6. The van der Waals surface area contributed by atoms with Gasteiger partial charge in [0.15, 0.2) is 17.7 Å². The summed E-state index contributed by atoms with van der Waals surface area (Å²) in [5.41, 5.74) is 0.660. The highest BCUT2D eigenvalue weighted by atomic mass is 19.1. The Kier molecular flexibility index (Phi) is 7.78. The maximum Gasteiger partial charge on any atom is 0.332 e. The van der Waals surface area contributed by atoms with Crippen molar-refractivity contribution in [3.05, 3.63) is 92.8 Å². The van der Waals surface area contributed by atoms with Crippen LogP contribution in [0.2, 0.25) is 0 Å². The van der Waals surface area contributed by atoms with Crippen molar-refractivity contribution in [1.29, 1.82) is 0 Å². The molecule has 2 aromatic carbocycles. The molecule has 1 saturated heterocycles. The third kappa shape index (κ3) is 5.44. The van der Waals surface area contributed by atoms with Crippen molar-refractivity contribution in [3.63, 3.8) is 0 Å². The minimum absolute atomic E-state index is 0.00288. The fourth-order valence-electron chi connectivity index (χ4n) is 4.80. The Labute approximate surface area is 220 Å². The van der Waals surface area contributed by atoms with Gasteiger partial charge in [0.2, 0.25) is 0 Å². The fourth-order valence-corrected chi connectivity index (χ4v) is 4.80. The molecule has 204 valence electrons. The van der Waals surface area contributed by atoms with Crippen LogP contribution in [0.25, 0.3) is 22.2 Å². The number of nitrogens with zero attached hydrogens (tertiary/aromatic N) is 3. The molecule has 2 aromatic heterocycles. The van der Waals surface area contributed by atoms with Gasteiger partial charge in [0.1, 0.15) is 19.2 Å². The number of fused-ring (bicyclic) bond motifs is 1. The molecular weight excluding hydrogens is 516 g/mol. The number of hydrogen-bond donors (Lipinski definition) is 1. The number of nitrogens with one attached hydrogen (secondary N) is 1. The first kappa shape index (κ1) is 26.6. The van der Waals surface area contributed by atoms with Crippen molar-refractivity contribution in [2.24, 2.45) is 0 Å². The van der Waals surface area contributed by atoms with Crippen LogP contribution < -0.4 is 21.3 Å². The standard InChI is InChI=1S/C28H26F4N4O3/c29-13-21(14-30)39-26-11-22-25(12-23(26)32)36(20-7-9-33-10-8-20)28(38)35(27(22)37)16-17-1-6-24(34-15-17)18-2-4-19(31)5-3-18/h1-6,11-12,15,20-21,33H,7-10,13-14,16H2. The van der Waals surface area contributed by atoms with E-state index < -0.39 is 42.3 Å². The van der Waals surface area contributed by atoms with Crippen LogP contribution in [0, 0.1) is 11.6 Å². The van der Waals surface area contributed by atoms with E-state index in [4.69, 9.17) is 4.74 Å². The first-order valence-corrected chi connectivity index (χ1v) is 12.6. The number of benzene rings is 2. The fraction of sp³-hybridized carbons (Fsp3) is 0.321. The average Bonchev–Trinajstić information content (AvgIpc) is 2.96. The molecule has 3 heterocycles. The minimum atomic E-state index is -1.51. The van der Waals surface area contributed by atoms with E-state index in [0.717, 1.165) is 16.7 Å². The maximum absolute atomic E-state index is 15.0. The number of pyridine rings is 1. The van der Waals surface area contributed by atoms with Crippen molar-refractivity contribution in [2.45, 2.75) is 31.5 Å². The third-order valence-corrected chi connectivity index (χ3v) is 6.84. The highest BCUT2D eigenvalue weighted by molar-refractivity contribution is 5.80. The quantitative estimate of drug-likeness (QED) is 0.339. The van der Waals surface area contributed by atoms with E-state index in [-0.39, 0.29) is 29.3 Å². The number of ether oxygens (including phenoxy) is 1. The van der Waals surface area contributed by atoms with Gasteiger partial charge in [-0.2, -0.15) is 0 Å². The summed E-state index contributed by atoms with van der Waals surface area (Å²) >= 11 is 0. The Morgan fingerprint density at radius 3 is 2.36 bits per heavy atom. The smallest absolute Gasteiger partial charge is 0.332 e. The zero-order chi connectivity index (χ0) is 27.5. The van der Waals surface area contributed by atoms with Crippen LogP contribution in [-0.4, -0.2) is 46.7 Å². The van der Waals surface area contributed by atoms with E-state index in [1.54, 1.807) is 24.3 Å². The highest BCUT2D eigenvalue weighted by Crippen LogP contribution is 2.27. The van der Waals surface area contributed by atoms with Crippen molar-refractivity contribution < 1.29 is 22.3 Å². The van der Waals surface area contributed by atoms with Crippen molar-refractivity contribution in [3.8, 4) is 17.0 Å². The summed E-state index contributed by atoms with van der Waals surface area (Å²) in [6.07, 6.45) is 1.19. The lowest BCUT2D eigenvalue weighted by molar-refractivity contribution is 0.129. The van der Waals surface area contributed by atoms with E-state index in [0.29, 0.717) is 42.8 Å². The molecule has 0 amide bonds. The molecule has 0 bridgehead atoms. The van der Waals surface area contributed by atoms with Gasteiger partial charge in [-0.1, -0.05) is 6.07 Å². The van der Waals surface area contributed by atoms with Gasteiger partial charge in [-0.25, -0.2) is 22.4 Å². The number of piperidine rings is 1. The van der Waals surface area contributed by atoms with Crippen LogP contribution in [0.5, 0.6) is 5.75 Å². The lowest BCUT2D eigenvalue weighted by atomic mass is 10.1. The molecule has 1 fully saturated rings. The Morgan fingerprint density at radius 2 is 1.72 bits per heavy atom. The van der Waals surface area contributed by atoms with Crippen LogP contribution in [0.1, 0.15) is 24.4 Å². The summed E-state index contributed by atoms with van der Waals surface area (Å²) < 4.78 is 62.0. The molecule has 0 radical (unpaired) electrons. The maximum atomic E-state index is 15.0. The van der Waals surface area contributed by atoms with Gasteiger partial charge in [-0.3, -0.25) is 18.9 Å². The van der Waals surface area contributed by atoms with Crippen LogP contribution in [-0.2, 0) is 6.54 Å². The van der Waals surface area contributed by atoms with E-state index in [9.17, 15) is 27.2 Å². The molecule has 0 aliphatic carbocycles. The zero-order valence-electron chi connectivity index (χ0n) is 20.9. The second kappa shape index (κ2) is 11.4. The Hall–Kier alpha value is -3.99. The second-order valence-electron chi connectivity index (χ2n) is 9.43. The Bertz CT molecular complexity index is 1580. The van der Waals surface area contributed by atoms with Gasteiger partial charge in [0.25, 0.3) is 5.56 Å². The molecule has 4 aromatic rings. The lowest BCUT2D eigenvalue weighted by Crippen LogP contribution is -2.43. The van der Waals surface area contributed by atoms with Crippen LogP contribution >= 0.6 is 0 Å². The molecular formula is C28H26F4N4O3. The highest BCUT2D eigenvalue weighted by Gasteiger charge is 2.24. The van der Waals surface area contributed by atoms with Crippen molar-refractivity contribution >= 4 is 10.9 Å². The van der Waals surface area contributed by atoms with Gasteiger partial charge in [0, 0.05) is 23.9 Å². The molecule has 5 rings (SSSR count). The number of halogens is 4.